The number of rotatable bonds is 3. The SMILES string of the molecule is NCC1CCCCN1CC1CCCOC1. The highest BCUT2D eigenvalue weighted by Crippen LogP contribution is 2.21. The van der Waals surface area contributed by atoms with Crippen molar-refractivity contribution in [2.75, 3.05) is 32.8 Å². The van der Waals surface area contributed by atoms with Crippen LogP contribution >= 0.6 is 0 Å². The summed E-state index contributed by atoms with van der Waals surface area (Å²) in [5, 5.41) is 0. The summed E-state index contributed by atoms with van der Waals surface area (Å²) in [6.45, 7) is 5.22. The van der Waals surface area contributed by atoms with E-state index >= 15 is 0 Å². The van der Waals surface area contributed by atoms with E-state index in [1.165, 1.54) is 45.2 Å². The Hall–Kier alpha value is -0.120. The number of ether oxygens (including phenoxy) is 1. The van der Waals surface area contributed by atoms with Gasteiger partial charge in [-0.1, -0.05) is 6.42 Å². The van der Waals surface area contributed by atoms with Gasteiger partial charge in [-0.2, -0.15) is 0 Å². The van der Waals surface area contributed by atoms with Gasteiger partial charge in [0.05, 0.1) is 6.61 Å². The van der Waals surface area contributed by atoms with Gasteiger partial charge in [-0.3, -0.25) is 4.90 Å². The summed E-state index contributed by atoms with van der Waals surface area (Å²) >= 11 is 0. The first-order valence-corrected chi connectivity index (χ1v) is 6.42. The predicted molar refractivity (Wildman–Crippen MR) is 61.8 cm³/mol. The Morgan fingerprint density at radius 3 is 2.87 bits per heavy atom. The molecule has 88 valence electrons. The van der Waals surface area contributed by atoms with Crippen LogP contribution in [0.3, 0.4) is 0 Å². The van der Waals surface area contributed by atoms with Crippen molar-refractivity contribution < 1.29 is 4.74 Å². The van der Waals surface area contributed by atoms with E-state index in [2.05, 4.69) is 4.90 Å². The maximum Gasteiger partial charge on any atom is 0.0506 e. The van der Waals surface area contributed by atoms with Crippen molar-refractivity contribution in [2.24, 2.45) is 11.7 Å². The lowest BCUT2D eigenvalue weighted by atomic mass is 9.97. The average Bonchev–Trinajstić information content (AvgIpc) is 2.31. The van der Waals surface area contributed by atoms with Gasteiger partial charge in [-0.05, 0) is 38.1 Å². The Balaban J connectivity index is 1.79. The number of nitrogens with zero attached hydrogens (tertiary/aromatic N) is 1. The summed E-state index contributed by atoms with van der Waals surface area (Å²) in [5.41, 5.74) is 5.83. The van der Waals surface area contributed by atoms with E-state index in [0.29, 0.717) is 6.04 Å². The molecule has 2 saturated heterocycles. The van der Waals surface area contributed by atoms with Gasteiger partial charge in [0.1, 0.15) is 0 Å². The van der Waals surface area contributed by atoms with E-state index in [1.807, 2.05) is 0 Å². The van der Waals surface area contributed by atoms with Gasteiger partial charge in [0.15, 0.2) is 0 Å². The summed E-state index contributed by atoms with van der Waals surface area (Å²) in [5.74, 6) is 0.755. The highest BCUT2D eigenvalue weighted by atomic mass is 16.5. The van der Waals surface area contributed by atoms with Crippen molar-refractivity contribution in [2.45, 2.75) is 38.1 Å². The molecular formula is C12H24N2O. The minimum Gasteiger partial charge on any atom is -0.381 e. The van der Waals surface area contributed by atoms with Gasteiger partial charge >= 0.3 is 0 Å². The maximum absolute atomic E-state index is 5.83. The lowest BCUT2D eigenvalue weighted by Crippen LogP contribution is -2.47. The molecule has 0 radical (unpaired) electrons. The third-order valence-electron chi connectivity index (χ3n) is 3.77. The van der Waals surface area contributed by atoms with Crippen molar-refractivity contribution in [3.05, 3.63) is 0 Å². The Kier molecular flexibility index (Phi) is 4.42. The fourth-order valence-electron chi connectivity index (χ4n) is 2.85. The van der Waals surface area contributed by atoms with E-state index in [-0.39, 0.29) is 0 Å². The largest absolute Gasteiger partial charge is 0.381 e. The molecule has 2 rings (SSSR count). The highest BCUT2D eigenvalue weighted by Gasteiger charge is 2.24. The summed E-state index contributed by atoms with van der Waals surface area (Å²) < 4.78 is 5.53. The van der Waals surface area contributed by atoms with Crippen LogP contribution in [0.5, 0.6) is 0 Å². The van der Waals surface area contributed by atoms with Crippen LogP contribution < -0.4 is 5.73 Å². The summed E-state index contributed by atoms with van der Waals surface area (Å²) in [6, 6.07) is 0.640. The second-order valence-corrected chi connectivity index (χ2v) is 4.96. The zero-order valence-corrected chi connectivity index (χ0v) is 9.66. The standard InChI is InChI=1S/C12H24N2O/c13-8-12-5-1-2-6-14(12)9-11-4-3-7-15-10-11/h11-12H,1-10,13H2. The van der Waals surface area contributed by atoms with Gasteiger partial charge in [0, 0.05) is 25.7 Å². The van der Waals surface area contributed by atoms with Crippen LogP contribution in [0.25, 0.3) is 0 Å². The second-order valence-electron chi connectivity index (χ2n) is 4.96. The molecule has 0 aromatic carbocycles. The monoisotopic (exact) mass is 212 g/mol. The van der Waals surface area contributed by atoms with E-state index in [1.54, 1.807) is 0 Å². The van der Waals surface area contributed by atoms with Crippen molar-refractivity contribution in [1.29, 1.82) is 0 Å². The first-order chi connectivity index (χ1) is 7.40. The van der Waals surface area contributed by atoms with Crippen LogP contribution in [0.2, 0.25) is 0 Å². The highest BCUT2D eigenvalue weighted by molar-refractivity contribution is 4.80. The van der Waals surface area contributed by atoms with E-state index in [4.69, 9.17) is 10.5 Å². The molecule has 0 amide bonds. The minimum absolute atomic E-state index is 0.640. The lowest BCUT2D eigenvalue weighted by Gasteiger charge is -2.38. The van der Waals surface area contributed by atoms with Gasteiger partial charge in [0.25, 0.3) is 0 Å². The smallest absolute Gasteiger partial charge is 0.0506 e. The molecule has 2 unspecified atom stereocenters. The first-order valence-electron chi connectivity index (χ1n) is 6.42. The molecule has 0 saturated carbocycles. The third kappa shape index (κ3) is 3.16. The van der Waals surface area contributed by atoms with Crippen LogP contribution in [0.4, 0.5) is 0 Å². The molecule has 0 aliphatic carbocycles. The third-order valence-corrected chi connectivity index (χ3v) is 3.77. The average molecular weight is 212 g/mol. The molecule has 2 heterocycles. The Labute approximate surface area is 93.0 Å². The molecule has 2 N–H and O–H groups in total. The number of piperidine rings is 1. The summed E-state index contributed by atoms with van der Waals surface area (Å²) in [4.78, 5) is 2.60. The maximum atomic E-state index is 5.83. The quantitative estimate of drug-likeness (QED) is 0.764. The van der Waals surface area contributed by atoms with Crippen LogP contribution in [0.15, 0.2) is 0 Å². The molecule has 3 heteroatoms. The Bertz CT molecular complexity index is 180. The molecule has 3 nitrogen and oxygen atoms in total. The molecule has 0 bridgehead atoms. The van der Waals surface area contributed by atoms with E-state index < -0.39 is 0 Å². The predicted octanol–water partition coefficient (Wildman–Crippen LogP) is 1.23. The van der Waals surface area contributed by atoms with Crippen molar-refractivity contribution in [3.8, 4) is 0 Å². The molecule has 2 atom stereocenters. The first kappa shape index (κ1) is 11.4. The Morgan fingerprint density at radius 2 is 2.13 bits per heavy atom. The number of hydrogen-bond donors (Lipinski definition) is 1. The molecule has 2 aliphatic heterocycles. The minimum atomic E-state index is 0.640. The van der Waals surface area contributed by atoms with Crippen LogP contribution in [0.1, 0.15) is 32.1 Å². The number of nitrogens with two attached hydrogens (primary N) is 1. The molecule has 0 aromatic rings. The normalized spacial score (nSPS) is 34.2. The Morgan fingerprint density at radius 1 is 1.20 bits per heavy atom. The van der Waals surface area contributed by atoms with Crippen molar-refractivity contribution in [3.63, 3.8) is 0 Å². The zero-order valence-electron chi connectivity index (χ0n) is 9.66. The van der Waals surface area contributed by atoms with Crippen LogP contribution in [-0.2, 0) is 4.74 Å². The van der Waals surface area contributed by atoms with Crippen LogP contribution in [0, 0.1) is 5.92 Å². The lowest BCUT2D eigenvalue weighted by molar-refractivity contribution is 0.0255. The number of hydrogen-bond acceptors (Lipinski definition) is 3. The molecule has 15 heavy (non-hydrogen) atoms. The molecular weight excluding hydrogens is 188 g/mol. The van der Waals surface area contributed by atoms with Gasteiger partial charge in [-0.15, -0.1) is 0 Å². The zero-order chi connectivity index (χ0) is 10.5. The fraction of sp³-hybridized carbons (Fsp3) is 1.00. The van der Waals surface area contributed by atoms with Gasteiger partial charge in [-0.25, -0.2) is 0 Å². The molecule has 0 aromatic heterocycles. The summed E-state index contributed by atoms with van der Waals surface area (Å²) in [7, 11) is 0. The van der Waals surface area contributed by atoms with Crippen molar-refractivity contribution in [1.82, 2.24) is 4.90 Å². The molecule has 2 fully saturated rings. The second kappa shape index (κ2) is 5.83. The number of likely N-dealkylation sites (tertiary alicyclic amines) is 1. The molecule has 2 aliphatic rings. The van der Waals surface area contributed by atoms with E-state index in [0.717, 1.165) is 25.7 Å². The van der Waals surface area contributed by atoms with Crippen LogP contribution in [-0.4, -0.2) is 43.8 Å². The summed E-state index contributed by atoms with van der Waals surface area (Å²) in [6.07, 6.45) is 6.59. The fourth-order valence-corrected chi connectivity index (χ4v) is 2.85. The van der Waals surface area contributed by atoms with Gasteiger partial charge < -0.3 is 10.5 Å². The van der Waals surface area contributed by atoms with E-state index in [9.17, 15) is 0 Å². The topological polar surface area (TPSA) is 38.5 Å². The molecule has 0 spiro atoms. The van der Waals surface area contributed by atoms with Crippen molar-refractivity contribution >= 4 is 0 Å². The van der Waals surface area contributed by atoms with Gasteiger partial charge in [0.2, 0.25) is 0 Å².